The second-order valence-corrected chi connectivity index (χ2v) is 5.37. The Bertz CT molecular complexity index is 202. The first kappa shape index (κ1) is 14.4. The Hall–Kier alpha value is 0.387. The molecule has 1 heterocycles. The fraction of sp³-hybridized carbons (Fsp3) is 0.667. The van der Waals surface area contributed by atoms with Gasteiger partial charge in [0.15, 0.2) is 5.41 Å². The van der Waals surface area contributed by atoms with E-state index in [1.807, 2.05) is 5.70 Å². The minimum absolute atomic E-state index is 0. The van der Waals surface area contributed by atoms with E-state index in [1.165, 1.54) is 6.92 Å². The topological polar surface area (TPSA) is 35.5 Å². The first-order valence-corrected chi connectivity index (χ1v) is 6.15. The summed E-state index contributed by atoms with van der Waals surface area (Å²) in [4.78, 5) is 10.9. The molecule has 0 radical (unpaired) electrons. The zero-order valence-electron chi connectivity index (χ0n) is 8.04. The van der Waals surface area contributed by atoms with Crippen LogP contribution in [0.4, 0.5) is 0 Å². The van der Waals surface area contributed by atoms with Gasteiger partial charge in [-0.1, -0.05) is 0 Å². The Kier molecular flexibility index (Phi) is 6.98. The summed E-state index contributed by atoms with van der Waals surface area (Å²) in [5.41, 5.74) is 1.29. The normalized spacial score (nSPS) is 26.9. The van der Waals surface area contributed by atoms with Gasteiger partial charge in [0.1, 0.15) is 9.52 Å². The summed E-state index contributed by atoms with van der Waals surface area (Å²) in [6.45, 7) is 5.83. The average molecular weight is 224 g/mol. The molecule has 5 heteroatoms. The summed E-state index contributed by atoms with van der Waals surface area (Å²) >= 11 is 0. The van der Waals surface area contributed by atoms with Gasteiger partial charge in [-0.15, -0.1) is 12.3 Å². The number of hydrogen-bond acceptors (Lipinski definition) is 3. The molecule has 1 aliphatic heterocycles. The van der Waals surface area contributed by atoms with Crippen molar-refractivity contribution in [2.45, 2.75) is 31.6 Å². The number of carbonyl (C=O) groups is 1. The molecule has 1 saturated heterocycles. The molecule has 1 rings (SSSR count). The second-order valence-electron chi connectivity index (χ2n) is 3.30. The molecular weight excluding hydrogens is 207 g/mol. The molecule has 0 bridgehead atoms. The van der Waals surface area contributed by atoms with Crippen molar-refractivity contribution in [1.29, 1.82) is 0 Å². The van der Waals surface area contributed by atoms with Crippen molar-refractivity contribution in [1.82, 2.24) is 0 Å². The summed E-state index contributed by atoms with van der Waals surface area (Å²) in [5, 5.41) is 0. The van der Waals surface area contributed by atoms with Crippen molar-refractivity contribution >= 4 is 45.0 Å². The third-order valence-corrected chi connectivity index (χ3v) is 3.71. The SMILES string of the molecule is C=C[SiH2]C1(OC(C)=O)CCCCO1.[NaH]. The molecule has 0 aliphatic carbocycles. The summed E-state index contributed by atoms with van der Waals surface area (Å²) in [5.74, 6) is -0.253. The summed E-state index contributed by atoms with van der Waals surface area (Å²) in [6.07, 6.45) is 2.98. The van der Waals surface area contributed by atoms with Gasteiger partial charge in [-0.05, 0) is 12.8 Å². The van der Waals surface area contributed by atoms with Crippen molar-refractivity contribution in [3.05, 3.63) is 12.3 Å². The summed E-state index contributed by atoms with van der Waals surface area (Å²) in [7, 11) is -0.675. The monoisotopic (exact) mass is 224 g/mol. The molecule has 0 aromatic rings. The predicted octanol–water partition coefficient (Wildman–Crippen LogP) is 0.0676. The van der Waals surface area contributed by atoms with E-state index in [2.05, 4.69) is 6.58 Å². The van der Waals surface area contributed by atoms with Crippen LogP contribution < -0.4 is 0 Å². The van der Waals surface area contributed by atoms with Crippen LogP contribution in [0.3, 0.4) is 0 Å². The zero-order valence-corrected chi connectivity index (χ0v) is 9.46. The molecule has 1 fully saturated rings. The molecular formula is C9H17NaO3Si. The Morgan fingerprint density at radius 1 is 1.64 bits per heavy atom. The van der Waals surface area contributed by atoms with E-state index < -0.39 is 14.9 Å². The summed E-state index contributed by atoms with van der Waals surface area (Å²) in [6, 6.07) is 0. The van der Waals surface area contributed by atoms with Gasteiger partial charge in [0, 0.05) is 13.3 Å². The molecule has 3 nitrogen and oxygen atoms in total. The van der Waals surface area contributed by atoms with Crippen LogP contribution in [0.5, 0.6) is 0 Å². The molecule has 14 heavy (non-hydrogen) atoms. The number of ether oxygens (including phenoxy) is 2. The molecule has 0 spiro atoms. The average Bonchev–Trinajstić information content (AvgIpc) is 2.04. The first-order chi connectivity index (χ1) is 6.18. The minimum atomic E-state index is -0.675. The molecule has 0 saturated carbocycles. The summed E-state index contributed by atoms with van der Waals surface area (Å²) < 4.78 is 10.8. The van der Waals surface area contributed by atoms with E-state index in [4.69, 9.17) is 9.47 Å². The quantitative estimate of drug-likeness (QED) is 0.502. The molecule has 0 aromatic heterocycles. The van der Waals surface area contributed by atoms with E-state index in [0.717, 1.165) is 19.3 Å². The third kappa shape index (κ3) is 4.27. The van der Waals surface area contributed by atoms with Gasteiger partial charge in [-0.2, -0.15) is 0 Å². The number of rotatable bonds is 3. The van der Waals surface area contributed by atoms with E-state index in [-0.39, 0.29) is 35.5 Å². The number of carbonyl (C=O) groups excluding carboxylic acids is 1. The van der Waals surface area contributed by atoms with Crippen LogP contribution in [0.15, 0.2) is 12.3 Å². The molecule has 1 aliphatic rings. The zero-order chi connectivity index (χ0) is 9.73. The Morgan fingerprint density at radius 2 is 2.36 bits per heavy atom. The van der Waals surface area contributed by atoms with Gasteiger partial charge >= 0.3 is 35.5 Å². The predicted molar refractivity (Wildman–Crippen MR) is 60.2 cm³/mol. The van der Waals surface area contributed by atoms with Crippen LogP contribution in [-0.4, -0.2) is 57.1 Å². The third-order valence-electron chi connectivity index (χ3n) is 2.10. The maximum atomic E-state index is 10.9. The molecule has 1 unspecified atom stereocenters. The first-order valence-electron chi connectivity index (χ1n) is 4.63. The van der Waals surface area contributed by atoms with Gasteiger partial charge in [-0.3, -0.25) is 4.79 Å². The fourth-order valence-electron chi connectivity index (χ4n) is 1.59. The molecule has 1 atom stereocenters. The van der Waals surface area contributed by atoms with Crippen molar-refractivity contribution in [3.63, 3.8) is 0 Å². The van der Waals surface area contributed by atoms with Gasteiger partial charge in [0.2, 0.25) is 0 Å². The van der Waals surface area contributed by atoms with Crippen molar-refractivity contribution < 1.29 is 14.3 Å². The van der Waals surface area contributed by atoms with Crippen LogP contribution in [0.1, 0.15) is 26.2 Å². The van der Waals surface area contributed by atoms with Crippen molar-refractivity contribution in [2.24, 2.45) is 0 Å². The molecule has 76 valence electrons. The molecule has 0 amide bonds. The number of hydrogen-bond donors (Lipinski definition) is 0. The molecule has 0 N–H and O–H groups in total. The van der Waals surface area contributed by atoms with Gasteiger partial charge in [-0.25, -0.2) is 0 Å². The number of esters is 1. The second kappa shape index (κ2) is 6.79. The van der Waals surface area contributed by atoms with E-state index in [0.29, 0.717) is 6.61 Å². The van der Waals surface area contributed by atoms with Gasteiger partial charge < -0.3 is 9.47 Å². The van der Waals surface area contributed by atoms with E-state index in [1.54, 1.807) is 0 Å². The van der Waals surface area contributed by atoms with Crippen LogP contribution in [0.25, 0.3) is 0 Å². The maximum absolute atomic E-state index is 10.9. The Morgan fingerprint density at radius 3 is 2.79 bits per heavy atom. The van der Waals surface area contributed by atoms with E-state index >= 15 is 0 Å². The Balaban J connectivity index is 0.00000169. The van der Waals surface area contributed by atoms with Crippen LogP contribution in [0.2, 0.25) is 0 Å². The van der Waals surface area contributed by atoms with E-state index in [9.17, 15) is 4.79 Å². The van der Waals surface area contributed by atoms with Crippen LogP contribution in [-0.2, 0) is 14.3 Å². The molecule has 0 aromatic carbocycles. The van der Waals surface area contributed by atoms with Crippen molar-refractivity contribution in [3.8, 4) is 0 Å². The van der Waals surface area contributed by atoms with Gasteiger partial charge in [0.25, 0.3) is 0 Å². The van der Waals surface area contributed by atoms with Gasteiger partial charge in [0.05, 0.1) is 6.61 Å². The Labute approximate surface area is 109 Å². The standard InChI is InChI=1S/C9H16O3Si.Na.H/c1-3-13-9(12-8(2)10)6-4-5-7-11-9;;/h3H,1,4-7,13H2,2H3;;. The van der Waals surface area contributed by atoms with Crippen LogP contribution >= 0.6 is 0 Å². The van der Waals surface area contributed by atoms with Crippen molar-refractivity contribution in [2.75, 3.05) is 6.61 Å². The fourth-order valence-corrected chi connectivity index (χ4v) is 3.03. The van der Waals surface area contributed by atoms with Crippen LogP contribution in [0, 0.1) is 0 Å².